The minimum atomic E-state index is -3.82. The van der Waals surface area contributed by atoms with Crippen LogP contribution in [0.25, 0.3) is 11.3 Å². The van der Waals surface area contributed by atoms with E-state index in [4.69, 9.17) is 23.2 Å². The lowest BCUT2D eigenvalue weighted by Crippen LogP contribution is -2.48. The number of aromatic nitrogens is 1. The van der Waals surface area contributed by atoms with Crippen LogP contribution in [0, 0.1) is 11.6 Å². The third-order valence-corrected chi connectivity index (χ3v) is 8.30. The van der Waals surface area contributed by atoms with Crippen LogP contribution in [0.3, 0.4) is 0 Å². The summed E-state index contributed by atoms with van der Waals surface area (Å²) < 4.78 is 53.7. The number of hydrogen-bond acceptors (Lipinski definition) is 5. The molecule has 0 radical (unpaired) electrons. The van der Waals surface area contributed by atoms with Crippen LogP contribution in [0.15, 0.2) is 46.7 Å². The topological polar surface area (TPSA) is 53.5 Å². The van der Waals surface area contributed by atoms with Crippen LogP contribution in [0.2, 0.25) is 10.0 Å². The van der Waals surface area contributed by atoms with Gasteiger partial charge in [-0.3, -0.25) is 0 Å². The standard InChI is InChI=1S/C19H15Cl2F2N3O2S2/c20-14-9-12(1-3-16(14)23)17-11-29-19(24-17)25-5-7-26(8-6-25)30(27,28)18-4-2-13(22)10-15(18)21/h1-4,9-11H,5-8H2. The molecule has 11 heteroatoms. The lowest BCUT2D eigenvalue weighted by Gasteiger charge is -2.33. The zero-order valence-electron chi connectivity index (χ0n) is 15.4. The van der Waals surface area contributed by atoms with Crippen molar-refractivity contribution in [3.05, 3.63) is 63.5 Å². The maximum atomic E-state index is 13.4. The van der Waals surface area contributed by atoms with Crippen LogP contribution in [0.5, 0.6) is 0 Å². The Balaban J connectivity index is 1.47. The molecule has 0 atom stereocenters. The molecule has 2 aromatic carbocycles. The van der Waals surface area contributed by atoms with Crippen molar-refractivity contribution >= 4 is 49.7 Å². The van der Waals surface area contributed by atoms with Crippen molar-refractivity contribution in [2.75, 3.05) is 31.1 Å². The fraction of sp³-hybridized carbons (Fsp3) is 0.211. The number of sulfonamides is 1. The largest absolute Gasteiger partial charge is 0.345 e. The van der Waals surface area contributed by atoms with Gasteiger partial charge in [-0.15, -0.1) is 11.3 Å². The average molecular weight is 490 g/mol. The molecule has 0 amide bonds. The minimum absolute atomic E-state index is 0.0281. The van der Waals surface area contributed by atoms with Crippen LogP contribution in [0.1, 0.15) is 0 Å². The maximum absolute atomic E-state index is 13.4. The smallest absolute Gasteiger partial charge is 0.244 e. The summed E-state index contributed by atoms with van der Waals surface area (Å²) in [6, 6.07) is 7.67. The second kappa shape index (κ2) is 8.39. The van der Waals surface area contributed by atoms with Gasteiger partial charge >= 0.3 is 0 Å². The van der Waals surface area contributed by atoms with Crippen LogP contribution in [-0.2, 0) is 10.0 Å². The zero-order valence-corrected chi connectivity index (χ0v) is 18.5. The summed E-state index contributed by atoms with van der Waals surface area (Å²) in [5.74, 6) is -1.08. The van der Waals surface area contributed by atoms with E-state index >= 15 is 0 Å². The summed E-state index contributed by atoms with van der Waals surface area (Å²) in [4.78, 5) is 6.45. The summed E-state index contributed by atoms with van der Waals surface area (Å²) in [7, 11) is -3.82. The van der Waals surface area contributed by atoms with Crippen LogP contribution >= 0.6 is 34.5 Å². The quantitative estimate of drug-likeness (QED) is 0.522. The molecular weight excluding hydrogens is 475 g/mol. The van der Waals surface area contributed by atoms with E-state index < -0.39 is 21.7 Å². The number of anilines is 1. The van der Waals surface area contributed by atoms with E-state index in [1.54, 1.807) is 6.07 Å². The predicted molar refractivity (Wildman–Crippen MR) is 115 cm³/mol. The molecule has 5 nitrogen and oxygen atoms in total. The average Bonchev–Trinajstić information content (AvgIpc) is 3.20. The highest BCUT2D eigenvalue weighted by atomic mass is 35.5. The van der Waals surface area contributed by atoms with Gasteiger partial charge in [0.1, 0.15) is 16.5 Å². The van der Waals surface area contributed by atoms with Crippen molar-refractivity contribution in [2.45, 2.75) is 4.90 Å². The van der Waals surface area contributed by atoms with Gasteiger partial charge in [-0.1, -0.05) is 23.2 Å². The lowest BCUT2D eigenvalue weighted by atomic mass is 10.2. The van der Waals surface area contributed by atoms with E-state index in [2.05, 4.69) is 4.98 Å². The van der Waals surface area contributed by atoms with Crippen molar-refractivity contribution in [1.82, 2.24) is 9.29 Å². The van der Waals surface area contributed by atoms with Crippen molar-refractivity contribution < 1.29 is 17.2 Å². The third-order valence-electron chi connectivity index (χ3n) is 4.73. The Morgan fingerprint density at radius 2 is 1.70 bits per heavy atom. The number of piperazine rings is 1. The van der Waals surface area contributed by atoms with E-state index in [-0.39, 0.29) is 28.0 Å². The first-order valence-electron chi connectivity index (χ1n) is 8.87. The van der Waals surface area contributed by atoms with Gasteiger partial charge in [0.2, 0.25) is 10.0 Å². The Morgan fingerprint density at radius 3 is 2.37 bits per heavy atom. The van der Waals surface area contributed by atoms with Crippen molar-refractivity contribution in [1.29, 1.82) is 0 Å². The van der Waals surface area contributed by atoms with Gasteiger partial charge in [-0.2, -0.15) is 4.31 Å². The predicted octanol–water partition coefficient (Wildman–Crippen LogP) is 4.91. The Kier molecular flexibility index (Phi) is 6.00. The summed E-state index contributed by atoms with van der Waals surface area (Å²) in [5, 5.41) is 2.47. The summed E-state index contributed by atoms with van der Waals surface area (Å²) in [6.45, 7) is 1.37. The van der Waals surface area contributed by atoms with Gasteiger partial charge < -0.3 is 4.90 Å². The Labute approximate surface area is 186 Å². The van der Waals surface area contributed by atoms with E-state index in [1.807, 2.05) is 10.3 Å². The number of thiazole rings is 1. The van der Waals surface area contributed by atoms with E-state index in [0.717, 1.165) is 17.3 Å². The van der Waals surface area contributed by atoms with E-state index in [9.17, 15) is 17.2 Å². The van der Waals surface area contributed by atoms with Gasteiger partial charge in [0.25, 0.3) is 0 Å². The normalized spacial score (nSPS) is 15.5. The molecule has 3 aromatic rings. The monoisotopic (exact) mass is 489 g/mol. The molecule has 0 spiro atoms. The maximum Gasteiger partial charge on any atom is 0.244 e. The highest BCUT2D eigenvalue weighted by molar-refractivity contribution is 7.89. The second-order valence-electron chi connectivity index (χ2n) is 6.61. The first-order chi connectivity index (χ1) is 14.3. The van der Waals surface area contributed by atoms with Crippen molar-refractivity contribution in [2.24, 2.45) is 0 Å². The molecule has 2 heterocycles. The molecule has 0 bridgehead atoms. The number of benzene rings is 2. The van der Waals surface area contributed by atoms with Gasteiger partial charge in [-0.25, -0.2) is 22.2 Å². The molecule has 158 valence electrons. The molecule has 1 saturated heterocycles. The van der Waals surface area contributed by atoms with Gasteiger partial charge in [0.05, 0.1) is 15.7 Å². The van der Waals surface area contributed by atoms with Gasteiger partial charge in [0, 0.05) is 37.1 Å². The second-order valence-corrected chi connectivity index (χ2v) is 10.2. The molecule has 30 heavy (non-hydrogen) atoms. The molecule has 0 aliphatic carbocycles. The molecule has 1 aliphatic rings. The number of nitrogens with zero attached hydrogens (tertiary/aromatic N) is 3. The third kappa shape index (κ3) is 4.17. The highest BCUT2D eigenvalue weighted by Crippen LogP contribution is 2.31. The number of halogens is 4. The molecule has 0 unspecified atom stereocenters. The molecular formula is C19H15Cl2F2N3O2S2. The Hall–Kier alpha value is -1.78. The Bertz CT molecular complexity index is 1200. The first-order valence-corrected chi connectivity index (χ1v) is 11.9. The van der Waals surface area contributed by atoms with Crippen LogP contribution in [0.4, 0.5) is 13.9 Å². The van der Waals surface area contributed by atoms with Crippen LogP contribution in [-0.4, -0.2) is 43.9 Å². The summed E-state index contributed by atoms with van der Waals surface area (Å²) in [6.07, 6.45) is 0. The van der Waals surface area contributed by atoms with Gasteiger partial charge in [-0.05, 0) is 36.4 Å². The summed E-state index contributed by atoms with van der Waals surface area (Å²) in [5.41, 5.74) is 1.38. The highest BCUT2D eigenvalue weighted by Gasteiger charge is 2.31. The van der Waals surface area contributed by atoms with Crippen LogP contribution < -0.4 is 4.90 Å². The molecule has 0 saturated carbocycles. The fourth-order valence-electron chi connectivity index (χ4n) is 3.14. The van der Waals surface area contributed by atoms with E-state index in [1.165, 1.54) is 33.8 Å². The van der Waals surface area contributed by atoms with Crippen molar-refractivity contribution in [3.8, 4) is 11.3 Å². The number of rotatable bonds is 4. The zero-order chi connectivity index (χ0) is 21.5. The van der Waals surface area contributed by atoms with E-state index in [0.29, 0.717) is 24.3 Å². The molecule has 1 aromatic heterocycles. The molecule has 1 fully saturated rings. The molecule has 4 rings (SSSR count). The number of hydrogen-bond donors (Lipinski definition) is 0. The van der Waals surface area contributed by atoms with Crippen molar-refractivity contribution in [3.63, 3.8) is 0 Å². The fourth-order valence-corrected chi connectivity index (χ4v) is 6.14. The first kappa shape index (κ1) is 21.5. The summed E-state index contributed by atoms with van der Waals surface area (Å²) >= 11 is 13.2. The van der Waals surface area contributed by atoms with Gasteiger partial charge in [0.15, 0.2) is 5.13 Å². The lowest BCUT2D eigenvalue weighted by molar-refractivity contribution is 0.384. The molecule has 0 N–H and O–H groups in total. The Morgan fingerprint density at radius 1 is 0.967 bits per heavy atom. The SMILES string of the molecule is O=S(=O)(c1ccc(F)cc1Cl)N1CCN(c2nc(-c3ccc(F)c(Cl)c3)cs2)CC1. The minimum Gasteiger partial charge on any atom is -0.345 e. The molecule has 1 aliphatic heterocycles.